The normalized spacial score (nSPS) is 11.8. The maximum absolute atomic E-state index is 5.78. The van der Waals surface area contributed by atoms with Gasteiger partial charge in [-0.1, -0.05) is 28.1 Å². The Morgan fingerprint density at radius 1 is 1.10 bits per heavy atom. The van der Waals surface area contributed by atoms with Crippen molar-refractivity contribution in [2.75, 3.05) is 6.26 Å². The first kappa shape index (κ1) is 15.7. The molecule has 0 radical (unpaired) electrons. The van der Waals surface area contributed by atoms with Crippen LogP contribution in [0.15, 0.2) is 45.3 Å². The number of hydrogen-bond donors (Lipinski definition) is 1. The summed E-state index contributed by atoms with van der Waals surface area (Å²) >= 11 is 5.24. The summed E-state index contributed by atoms with van der Waals surface area (Å²) < 4.78 is 6.89. The average molecular weight is 354 g/mol. The van der Waals surface area contributed by atoms with Crippen LogP contribution in [-0.4, -0.2) is 6.26 Å². The van der Waals surface area contributed by atoms with Crippen LogP contribution in [0.4, 0.5) is 0 Å². The van der Waals surface area contributed by atoms with Crippen LogP contribution >= 0.6 is 27.7 Å². The topological polar surface area (TPSA) is 25.2 Å². The maximum Gasteiger partial charge on any atom is 0.118 e. The Morgan fingerprint density at radius 3 is 2.40 bits per heavy atom. The molecule has 0 spiro atoms. The molecule has 0 amide bonds. The van der Waals surface area contributed by atoms with Crippen molar-refractivity contribution in [1.29, 1.82) is 0 Å². The van der Waals surface area contributed by atoms with E-state index < -0.39 is 0 Å². The molecule has 2 rings (SSSR count). The van der Waals surface area contributed by atoms with Crippen molar-refractivity contribution in [2.45, 2.75) is 31.7 Å². The van der Waals surface area contributed by atoms with Crippen LogP contribution in [0.2, 0.25) is 0 Å². The first-order valence-corrected chi connectivity index (χ1v) is 8.77. The van der Waals surface area contributed by atoms with Crippen LogP contribution in [-0.2, 0) is 17.8 Å². The van der Waals surface area contributed by atoms with E-state index >= 15 is 0 Å². The maximum atomic E-state index is 5.78. The minimum Gasteiger partial charge on any atom is -0.464 e. The van der Waals surface area contributed by atoms with Crippen LogP contribution in [0.1, 0.15) is 30.9 Å². The van der Waals surface area contributed by atoms with Crippen LogP contribution in [0.3, 0.4) is 0 Å². The quantitative estimate of drug-likeness (QED) is 0.796. The van der Waals surface area contributed by atoms with Gasteiger partial charge in [0.15, 0.2) is 0 Å². The third-order valence-corrected chi connectivity index (χ3v) is 4.38. The first-order chi connectivity index (χ1) is 9.51. The van der Waals surface area contributed by atoms with E-state index in [1.807, 2.05) is 0 Å². The van der Waals surface area contributed by atoms with Crippen molar-refractivity contribution in [3.05, 3.63) is 58.0 Å². The highest BCUT2D eigenvalue weighted by Gasteiger charge is 2.20. The van der Waals surface area contributed by atoms with E-state index in [9.17, 15) is 0 Å². The van der Waals surface area contributed by atoms with Gasteiger partial charge in [0.2, 0.25) is 0 Å². The van der Waals surface area contributed by atoms with Gasteiger partial charge in [-0.2, -0.15) is 11.8 Å². The van der Waals surface area contributed by atoms with E-state index in [1.165, 1.54) is 5.56 Å². The standard InChI is InChI=1S/C16H20BrNOS/c1-16(2,12-4-6-13(17)7-5-12)18-10-14-8-9-15(19-14)11-20-3/h4-9,18H,10-11H2,1-3H3. The lowest BCUT2D eigenvalue weighted by atomic mass is 9.94. The number of halogens is 1. The van der Waals surface area contributed by atoms with E-state index in [2.05, 4.69) is 77.7 Å². The van der Waals surface area contributed by atoms with Gasteiger partial charge in [0.05, 0.1) is 12.3 Å². The van der Waals surface area contributed by atoms with Crippen molar-refractivity contribution >= 4 is 27.7 Å². The van der Waals surface area contributed by atoms with Crippen molar-refractivity contribution in [1.82, 2.24) is 5.32 Å². The van der Waals surface area contributed by atoms with Gasteiger partial charge in [0, 0.05) is 10.0 Å². The molecule has 0 unspecified atom stereocenters. The summed E-state index contributed by atoms with van der Waals surface area (Å²) in [4.78, 5) is 0. The Morgan fingerprint density at radius 2 is 1.75 bits per heavy atom. The van der Waals surface area contributed by atoms with Gasteiger partial charge < -0.3 is 9.73 Å². The highest BCUT2D eigenvalue weighted by molar-refractivity contribution is 9.10. The highest BCUT2D eigenvalue weighted by Crippen LogP contribution is 2.23. The monoisotopic (exact) mass is 353 g/mol. The Labute approximate surface area is 133 Å². The third kappa shape index (κ3) is 4.14. The lowest BCUT2D eigenvalue weighted by Crippen LogP contribution is -2.35. The van der Waals surface area contributed by atoms with Gasteiger partial charge >= 0.3 is 0 Å². The fourth-order valence-electron chi connectivity index (χ4n) is 2.01. The zero-order valence-electron chi connectivity index (χ0n) is 12.1. The molecule has 0 saturated carbocycles. The summed E-state index contributed by atoms with van der Waals surface area (Å²) in [5, 5.41) is 3.55. The highest BCUT2D eigenvalue weighted by atomic mass is 79.9. The van der Waals surface area contributed by atoms with E-state index in [1.54, 1.807) is 11.8 Å². The average Bonchev–Trinajstić information content (AvgIpc) is 2.85. The van der Waals surface area contributed by atoms with Gasteiger partial charge in [-0.3, -0.25) is 0 Å². The van der Waals surface area contributed by atoms with E-state index in [0.717, 1.165) is 28.3 Å². The molecule has 1 aromatic heterocycles. The molecule has 1 heterocycles. The molecule has 4 heteroatoms. The molecule has 0 aliphatic rings. The molecule has 0 atom stereocenters. The molecule has 0 aliphatic heterocycles. The SMILES string of the molecule is CSCc1ccc(CNC(C)(C)c2ccc(Br)cc2)o1. The van der Waals surface area contributed by atoms with Gasteiger partial charge in [-0.15, -0.1) is 0 Å². The van der Waals surface area contributed by atoms with E-state index in [4.69, 9.17) is 4.42 Å². The predicted octanol–water partition coefficient (Wildman–Crippen LogP) is 4.93. The molecular formula is C16H20BrNOS. The van der Waals surface area contributed by atoms with Crippen LogP contribution in [0, 0.1) is 0 Å². The number of thioether (sulfide) groups is 1. The van der Waals surface area contributed by atoms with Crippen LogP contribution in [0.5, 0.6) is 0 Å². The second-order valence-corrected chi connectivity index (χ2v) is 7.07. The molecule has 20 heavy (non-hydrogen) atoms. The van der Waals surface area contributed by atoms with Gasteiger partial charge in [-0.05, 0) is 49.9 Å². The Kier molecular flexibility index (Phi) is 5.35. The van der Waals surface area contributed by atoms with Crippen molar-refractivity contribution in [3.8, 4) is 0 Å². The molecule has 2 aromatic rings. The zero-order valence-corrected chi connectivity index (χ0v) is 14.5. The number of furan rings is 1. The van der Waals surface area contributed by atoms with E-state index in [0.29, 0.717) is 0 Å². The van der Waals surface area contributed by atoms with E-state index in [-0.39, 0.29) is 5.54 Å². The Hall–Kier alpha value is -0.710. The molecule has 108 valence electrons. The predicted molar refractivity (Wildman–Crippen MR) is 89.9 cm³/mol. The lowest BCUT2D eigenvalue weighted by Gasteiger charge is -2.26. The zero-order chi connectivity index (χ0) is 14.6. The fraction of sp³-hybridized carbons (Fsp3) is 0.375. The molecule has 0 bridgehead atoms. The number of nitrogens with one attached hydrogen (secondary N) is 1. The molecule has 0 saturated heterocycles. The summed E-state index contributed by atoms with van der Waals surface area (Å²) in [7, 11) is 0. The minimum atomic E-state index is -0.0901. The minimum absolute atomic E-state index is 0.0901. The van der Waals surface area contributed by atoms with Gasteiger partial charge in [0.25, 0.3) is 0 Å². The summed E-state index contributed by atoms with van der Waals surface area (Å²) in [6, 6.07) is 12.5. The number of benzene rings is 1. The summed E-state index contributed by atoms with van der Waals surface area (Å²) in [6.07, 6.45) is 2.08. The smallest absolute Gasteiger partial charge is 0.118 e. The lowest BCUT2D eigenvalue weighted by molar-refractivity contribution is 0.366. The second kappa shape index (κ2) is 6.83. The van der Waals surface area contributed by atoms with Crippen molar-refractivity contribution in [2.24, 2.45) is 0 Å². The Balaban J connectivity index is 1.99. The Bertz CT molecular complexity index is 548. The molecule has 0 aliphatic carbocycles. The number of rotatable bonds is 6. The second-order valence-electron chi connectivity index (χ2n) is 5.29. The largest absolute Gasteiger partial charge is 0.464 e. The third-order valence-electron chi connectivity index (χ3n) is 3.27. The van der Waals surface area contributed by atoms with Crippen molar-refractivity contribution in [3.63, 3.8) is 0 Å². The van der Waals surface area contributed by atoms with Gasteiger partial charge in [-0.25, -0.2) is 0 Å². The fourth-order valence-corrected chi connectivity index (χ4v) is 2.72. The number of hydrogen-bond acceptors (Lipinski definition) is 3. The van der Waals surface area contributed by atoms with Crippen molar-refractivity contribution < 1.29 is 4.42 Å². The summed E-state index contributed by atoms with van der Waals surface area (Å²) in [5.41, 5.74) is 1.17. The molecule has 2 nitrogen and oxygen atoms in total. The molecule has 1 N–H and O–H groups in total. The summed E-state index contributed by atoms with van der Waals surface area (Å²) in [6.45, 7) is 5.10. The van der Waals surface area contributed by atoms with Gasteiger partial charge in [0.1, 0.15) is 11.5 Å². The molecule has 1 aromatic carbocycles. The summed E-state index contributed by atoms with van der Waals surface area (Å²) in [5.74, 6) is 2.95. The van der Waals surface area contributed by atoms with Crippen LogP contribution in [0.25, 0.3) is 0 Å². The molecule has 0 fully saturated rings. The first-order valence-electron chi connectivity index (χ1n) is 6.59. The molecular weight excluding hydrogens is 334 g/mol. The van der Waals surface area contributed by atoms with Crippen LogP contribution < -0.4 is 5.32 Å².